The van der Waals surface area contributed by atoms with Gasteiger partial charge in [-0.05, 0) is 12.0 Å². The van der Waals surface area contributed by atoms with E-state index in [1.807, 2.05) is 30.3 Å². The quantitative estimate of drug-likeness (QED) is 0.875. The molecule has 0 heterocycles. The van der Waals surface area contributed by atoms with E-state index in [-0.39, 0.29) is 10.4 Å². The summed E-state index contributed by atoms with van der Waals surface area (Å²) in [6.45, 7) is 3.25. The minimum atomic E-state index is -0.852. The molecule has 0 radical (unpaired) electrons. The number of hydrogen-bond donors (Lipinski definition) is 1. The summed E-state index contributed by atoms with van der Waals surface area (Å²) < 4.78 is 0. The van der Waals surface area contributed by atoms with E-state index in [2.05, 4.69) is 0 Å². The van der Waals surface area contributed by atoms with Crippen LogP contribution in [0.1, 0.15) is 19.4 Å². The molecule has 0 spiro atoms. The van der Waals surface area contributed by atoms with Crippen LogP contribution in [0, 0.1) is 5.92 Å². The molecule has 3 nitrogen and oxygen atoms in total. The summed E-state index contributed by atoms with van der Waals surface area (Å²) in [7, 11) is 0. The fourth-order valence-electron chi connectivity index (χ4n) is 1.67. The highest BCUT2D eigenvalue weighted by molar-refractivity contribution is 8.14. The van der Waals surface area contributed by atoms with Crippen molar-refractivity contribution in [1.29, 1.82) is 0 Å². The molecule has 0 aliphatic carbocycles. The number of benzene rings is 1. The molecule has 0 saturated carbocycles. The second-order valence-corrected chi connectivity index (χ2v) is 5.50. The Morgan fingerprint density at radius 2 is 1.88 bits per heavy atom. The highest BCUT2D eigenvalue weighted by atomic mass is 32.2. The largest absolute Gasteiger partial charge is 0.481 e. The van der Waals surface area contributed by atoms with Crippen LogP contribution in [0.25, 0.3) is 0 Å². The van der Waals surface area contributed by atoms with Gasteiger partial charge in [0, 0.05) is 12.2 Å². The molecular formula is C13H16O3S. The first-order valence-corrected chi connectivity index (χ1v) is 6.32. The van der Waals surface area contributed by atoms with Gasteiger partial charge in [0.05, 0.1) is 5.92 Å². The zero-order valence-corrected chi connectivity index (χ0v) is 10.7. The zero-order chi connectivity index (χ0) is 12.8. The van der Waals surface area contributed by atoms with Crippen molar-refractivity contribution in [3.8, 4) is 0 Å². The van der Waals surface area contributed by atoms with Gasteiger partial charge in [-0.25, -0.2) is 0 Å². The number of aliphatic carboxylic acids is 1. The van der Waals surface area contributed by atoms with E-state index >= 15 is 0 Å². The van der Waals surface area contributed by atoms with Crippen molar-refractivity contribution in [3.63, 3.8) is 0 Å². The van der Waals surface area contributed by atoms with Gasteiger partial charge < -0.3 is 5.11 Å². The molecule has 0 aliphatic heterocycles. The van der Waals surface area contributed by atoms with E-state index < -0.39 is 11.9 Å². The molecule has 0 bridgehead atoms. The SMILES string of the molecule is CC(=O)S[C@H](C)[C@H](Cc1ccccc1)C(=O)O. The van der Waals surface area contributed by atoms with E-state index in [0.717, 1.165) is 17.3 Å². The second-order valence-electron chi connectivity index (χ2n) is 3.95. The van der Waals surface area contributed by atoms with Crippen molar-refractivity contribution in [2.24, 2.45) is 5.92 Å². The third-order valence-electron chi connectivity index (χ3n) is 2.53. The van der Waals surface area contributed by atoms with E-state index in [1.54, 1.807) is 6.92 Å². The van der Waals surface area contributed by atoms with E-state index in [0.29, 0.717) is 6.42 Å². The molecule has 0 amide bonds. The summed E-state index contributed by atoms with van der Waals surface area (Å²) in [4.78, 5) is 22.2. The zero-order valence-electron chi connectivity index (χ0n) is 9.92. The Morgan fingerprint density at radius 1 is 1.29 bits per heavy atom. The molecule has 1 rings (SSSR count). The molecule has 0 saturated heterocycles. The van der Waals surface area contributed by atoms with Crippen molar-refractivity contribution in [2.45, 2.75) is 25.5 Å². The fourth-order valence-corrected chi connectivity index (χ4v) is 2.57. The molecule has 1 aromatic carbocycles. The molecule has 4 heteroatoms. The summed E-state index contributed by atoms with van der Waals surface area (Å²) in [6.07, 6.45) is 0.456. The normalized spacial score (nSPS) is 14.0. The van der Waals surface area contributed by atoms with Crippen LogP contribution >= 0.6 is 11.8 Å². The monoisotopic (exact) mass is 252 g/mol. The first-order chi connectivity index (χ1) is 8.00. The maximum absolute atomic E-state index is 11.2. The number of carbonyl (C=O) groups is 2. The van der Waals surface area contributed by atoms with Crippen molar-refractivity contribution >= 4 is 22.8 Å². The molecule has 0 fully saturated rings. The van der Waals surface area contributed by atoms with Gasteiger partial charge in [0.2, 0.25) is 0 Å². The summed E-state index contributed by atoms with van der Waals surface area (Å²) in [6, 6.07) is 9.48. The van der Waals surface area contributed by atoms with E-state index in [1.165, 1.54) is 6.92 Å². The average Bonchev–Trinajstić information content (AvgIpc) is 2.25. The molecule has 1 aromatic rings. The molecular weight excluding hydrogens is 236 g/mol. The third kappa shape index (κ3) is 4.61. The van der Waals surface area contributed by atoms with Crippen molar-refractivity contribution in [2.75, 3.05) is 0 Å². The average molecular weight is 252 g/mol. The number of carboxylic acids is 1. The van der Waals surface area contributed by atoms with Gasteiger partial charge in [0.25, 0.3) is 0 Å². The van der Waals surface area contributed by atoms with Crippen LogP contribution in [0.15, 0.2) is 30.3 Å². The number of rotatable bonds is 5. The van der Waals surface area contributed by atoms with Gasteiger partial charge in [0.15, 0.2) is 5.12 Å². The Hall–Kier alpha value is -1.29. The smallest absolute Gasteiger partial charge is 0.307 e. The minimum absolute atomic E-state index is 0.0446. The fraction of sp³-hybridized carbons (Fsp3) is 0.385. The minimum Gasteiger partial charge on any atom is -0.481 e. The first-order valence-electron chi connectivity index (χ1n) is 5.44. The van der Waals surface area contributed by atoms with Gasteiger partial charge in [-0.2, -0.15) is 0 Å². The number of carbonyl (C=O) groups excluding carboxylic acids is 1. The lowest BCUT2D eigenvalue weighted by Crippen LogP contribution is -2.26. The van der Waals surface area contributed by atoms with Gasteiger partial charge in [-0.1, -0.05) is 49.0 Å². The Morgan fingerprint density at radius 3 is 2.35 bits per heavy atom. The van der Waals surface area contributed by atoms with E-state index in [4.69, 9.17) is 0 Å². The van der Waals surface area contributed by atoms with Crippen LogP contribution in [0.5, 0.6) is 0 Å². The molecule has 0 aromatic heterocycles. The van der Waals surface area contributed by atoms with Crippen molar-refractivity contribution in [1.82, 2.24) is 0 Å². The first kappa shape index (κ1) is 13.8. The Labute approximate surface area is 105 Å². The molecule has 2 atom stereocenters. The van der Waals surface area contributed by atoms with Crippen molar-refractivity contribution in [3.05, 3.63) is 35.9 Å². The maximum atomic E-state index is 11.2. The number of hydrogen-bond acceptors (Lipinski definition) is 3. The van der Waals surface area contributed by atoms with Crippen LogP contribution in [0.3, 0.4) is 0 Å². The summed E-state index contributed by atoms with van der Waals surface area (Å²) >= 11 is 1.09. The molecule has 1 N–H and O–H groups in total. The summed E-state index contributed by atoms with van der Waals surface area (Å²) in [5.74, 6) is -1.39. The molecule has 17 heavy (non-hydrogen) atoms. The molecule has 92 valence electrons. The Bertz CT molecular complexity index is 389. The van der Waals surface area contributed by atoms with E-state index in [9.17, 15) is 14.7 Å². The summed E-state index contributed by atoms with van der Waals surface area (Å²) in [5.41, 5.74) is 0.982. The van der Waals surface area contributed by atoms with Gasteiger partial charge >= 0.3 is 5.97 Å². The third-order valence-corrected chi connectivity index (χ3v) is 3.57. The predicted octanol–water partition coefficient (Wildman–Crippen LogP) is 2.60. The lowest BCUT2D eigenvalue weighted by atomic mass is 9.97. The van der Waals surface area contributed by atoms with Crippen LogP contribution < -0.4 is 0 Å². The highest BCUT2D eigenvalue weighted by Crippen LogP contribution is 2.23. The number of carboxylic acid groups (broad SMARTS) is 1. The maximum Gasteiger partial charge on any atom is 0.307 e. The Kier molecular flexibility index (Phi) is 5.22. The lowest BCUT2D eigenvalue weighted by Gasteiger charge is -2.18. The lowest BCUT2D eigenvalue weighted by molar-refractivity contribution is -0.141. The van der Waals surface area contributed by atoms with Gasteiger partial charge in [0.1, 0.15) is 0 Å². The van der Waals surface area contributed by atoms with Gasteiger partial charge in [-0.15, -0.1) is 0 Å². The highest BCUT2D eigenvalue weighted by Gasteiger charge is 2.26. The summed E-state index contributed by atoms with van der Waals surface area (Å²) in [5, 5.41) is 8.93. The second kappa shape index (κ2) is 6.45. The van der Waals surface area contributed by atoms with Gasteiger partial charge in [-0.3, -0.25) is 9.59 Å². The number of thioether (sulfide) groups is 1. The van der Waals surface area contributed by atoms with Crippen molar-refractivity contribution < 1.29 is 14.7 Å². The van der Waals surface area contributed by atoms with Crippen LogP contribution in [-0.2, 0) is 16.0 Å². The predicted molar refractivity (Wildman–Crippen MR) is 69.0 cm³/mol. The van der Waals surface area contributed by atoms with Crippen LogP contribution in [-0.4, -0.2) is 21.4 Å². The van der Waals surface area contributed by atoms with Crippen LogP contribution in [0.2, 0.25) is 0 Å². The standard InChI is InChI=1S/C13H16O3S/c1-9(17-10(2)14)12(13(15)16)8-11-6-4-3-5-7-11/h3-7,9,12H,8H2,1-2H3,(H,15,16)/t9-,12+/m1/s1. The Balaban J connectivity index is 2.73. The molecule has 0 aliphatic rings. The topological polar surface area (TPSA) is 54.4 Å². The van der Waals surface area contributed by atoms with Crippen LogP contribution in [0.4, 0.5) is 0 Å². The molecule has 0 unspecified atom stereocenters.